The summed E-state index contributed by atoms with van der Waals surface area (Å²) < 4.78 is 34.9. The Morgan fingerprint density at radius 1 is 0.822 bits per heavy atom. The number of rotatable bonds is 13. The van der Waals surface area contributed by atoms with Crippen molar-refractivity contribution in [2.45, 2.75) is 50.7 Å². The molecule has 2 atom stereocenters. The number of nitrogens with one attached hydrogen (secondary N) is 1. The lowest BCUT2D eigenvalue weighted by atomic mass is 10.1. The fraction of sp³-hybridized carbons (Fsp3) is 0.235. The molecule has 0 aromatic heterocycles. The van der Waals surface area contributed by atoms with Crippen molar-refractivity contribution in [2.75, 3.05) is 10.8 Å². The van der Waals surface area contributed by atoms with Gasteiger partial charge in [0.2, 0.25) is 11.8 Å². The van der Waals surface area contributed by atoms with E-state index in [4.69, 9.17) is 27.9 Å². The largest absolute Gasteiger partial charge is 0.457 e. The highest BCUT2D eigenvalue weighted by molar-refractivity contribution is 7.92. The van der Waals surface area contributed by atoms with Gasteiger partial charge in [0.15, 0.2) is 0 Å². The molecule has 0 aliphatic carbocycles. The van der Waals surface area contributed by atoms with Gasteiger partial charge in [-0.3, -0.25) is 13.9 Å². The van der Waals surface area contributed by atoms with E-state index in [-0.39, 0.29) is 29.1 Å². The summed E-state index contributed by atoms with van der Waals surface area (Å²) in [6.45, 7) is 4.84. The van der Waals surface area contributed by atoms with Crippen LogP contribution in [0.2, 0.25) is 10.0 Å². The number of benzene rings is 4. The van der Waals surface area contributed by atoms with E-state index in [1.54, 1.807) is 79.7 Å². The van der Waals surface area contributed by atoms with Crippen LogP contribution in [0.15, 0.2) is 108 Å². The molecule has 11 heteroatoms. The average molecular weight is 669 g/mol. The predicted octanol–water partition coefficient (Wildman–Crippen LogP) is 7.31. The lowest BCUT2D eigenvalue weighted by Crippen LogP contribution is -2.52. The van der Waals surface area contributed by atoms with Gasteiger partial charge in [0.1, 0.15) is 24.1 Å². The normalized spacial score (nSPS) is 12.6. The van der Waals surface area contributed by atoms with Gasteiger partial charge in [0, 0.05) is 12.6 Å². The molecule has 0 bridgehead atoms. The number of amides is 2. The van der Waals surface area contributed by atoms with Crippen LogP contribution in [0.1, 0.15) is 32.8 Å². The fourth-order valence-electron chi connectivity index (χ4n) is 4.44. The van der Waals surface area contributed by atoms with Gasteiger partial charge in [0.05, 0.1) is 20.6 Å². The second-order valence-electron chi connectivity index (χ2n) is 10.5. The van der Waals surface area contributed by atoms with Gasteiger partial charge in [0.25, 0.3) is 10.0 Å². The molecule has 0 aliphatic rings. The van der Waals surface area contributed by atoms with Crippen LogP contribution in [-0.2, 0) is 26.2 Å². The van der Waals surface area contributed by atoms with Gasteiger partial charge in [-0.15, -0.1) is 0 Å². The Kier molecular flexibility index (Phi) is 11.5. The van der Waals surface area contributed by atoms with E-state index in [1.807, 2.05) is 32.0 Å². The Bertz CT molecular complexity index is 1710. The summed E-state index contributed by atoms with van der Waals surface area (Å²) in [5.41, 5.74) is 0.875. The minimum Gasteiger partial charge on any atom is -0.457 e. The second kappa shape index (κ2) is 15.3. The van der Waals surface area contributed by atoms with Crippen molar-refractivity contribution in [3.05, 3.63) is 119 Å². The summed E-state index contributed by atoms with van der Waals surface area (Å²) in [5, 5.41) is 3.56. The highest BCUT2D eigenvalue weighted by Crippen LogP contribution is 2.29. The molecule has 0 heterocycles. The maximum atomic E-state index is 14.1. The first-order chi connectivity index (χ1) is 21.5. The quantitative estimate of drug-likeness (QED) is 0.161. The van der Waals surface area contributed by atoms with E-state index in [0.29, 0.717) is 33.5 Å². The molecule has 45 heavy (non-hydrogen) atoms. The highest BCUT2D eigenvalue weighted by atomic mass is 35.5. The van der Waals surface area contributed by atoms with Gasteiger partial charge >= 0.3 is 0 Å². The van der Waals surface area contributed by atoms with Crippen molar-refractivity contribution < 1.29 is 22.7 Å². The van der Waals surface area contributed by atoms with Crippen molar-refractivity contribution in [3.63, 3.8) is 0 Å². The third kappa shape index (κ3) is 8.78. The monoisotopic (exact) mass is 667 g/mol. The van der Waals surface area contributed by atoms with Crippen LogP contribution in [0.3, 0.4) is 0 Å². The smallest absolute Gasteiger partial charge is 0.264 e. The van der Waals surface area contributed by atoms with E-state index < -0.39 is 28.5 Å². The first-order valence-corrected chi connectivity index (χ1v) is 16.6. The molecule has 0 aliphatic heterocycles. The molecule has 0 saturated carbocycles. The Hall–Kier alpha value is -4.05. The topological polar surface area (TPSA) is 96.0 Å². The Morgan fingerprint density at radius 2 is 1.42 bits per heavy atom. The molecule has 0 radical (unpaired) electrons. The van der Waals surface area contributed by atoms with Crippen LogP contribution in [0, 0.1) is 0 Å². The summed E-state index contributed by atoms with van der Waals surface area (Å²) in [6.07, 6.45) is 0.701. The van der Waals surface area contributed by atoms with Crippen LogP contribution in [-0.4, -0.2) is 43.8 Å². The number of anilines is 1. The maximum Gasteiger partial charge on any atom is 0.264 e. The van der Waals surface area contributed by atoms with E-state index >= 15 is 0 Å². The number of hydrogen-bond donors (Lipinski definition) is 1. The second-order valence-corrected chi connectivity index (χ2v) is 13.2. The molecule has 8 nitrogen and oxygen atoms in total. The number of sulfonamides is 1. The third-order valence-corrected chi connectivity index (χ3v) is 9.75. The Balaban J connectivity index is 1.70. The first kappa shape index (κ1) is 33.8. The van der Waals surface area contributed by atoms with Gasteiger partial charge in [-0.2, -0.15) is 0 Å². The molecular weight excluding hydrogens is 633 g/mol. The lowest BCUT2D eigenvalue weighted by Gasteiger charge is -2.32. The summed E-state index contributed by atoms with van der Waals surface area (Å²) in [6, 6.07) is 27.4. The number of carbonyl (C=O) groups excluding carboxylic acids is 2. The third-order valence-electron chi connectivity index (χ3n) is 7.22. The van der Waals surface area contributed by atoms with Crippen molar-refractivity contribution in [1.82, 2.24) is 10.2 Å². The average Bonchev–Trinajstić information content (AvgIpc) is 3.04. The van der Waals surface area contributed by atoms with Gasteiger partial charge in [-0.1, -0.05) is 72.6 Å². The van der Waals surface area contributed by atoms with Gasteiger partial charge in [-0.05, 0) is 86.5 Å². The number of hydrogen-bond acceptors (Lipinski definition) is 5. The molecule has 0 unspecified atom stereocenters. The lowest BCUT2D eigenvalue weighted by molar-refractivity contribution is -0.139. The fourth-order valence-corrected chi connectivity index (χ4v) is 6.19. The van der Waals surface area contributed by atoms with Crippen LogP contribution in [0.25, 0.3) is 0 Å². The van der Waals surface area contributed by atoms with Crippen LogP contribution in [0.5, 0.6) is 11.5 Å². The van der Waals surface area contributed by atoms with Gasteiger partial charge < -0.3 is 15.0 Å². The zero-order valence-electron chi connectivity index (χ0n) is 25.2. The SMILES string of the molecule is CC[C@@H](C)NC(=O)[C@H](C)N(Cc1ccc(Cl)c(Cl)c1)C(=O)CN(c1ccc(Oc2ccccc2)cc1)S(=O)(=O)c1ccccc1. The standard InChI is InChI=1S/C34H35Cl2N3O5S/c1-4-24(2)37-34(41)25(3)38(22-26-15-20-31(35)32(36)21-26)33(40)23-39(45(42,43)30-13-9-6-10-14-30)27-16-18-29(19-17-27)44-28-11-7-5-8-12-28/h5-21,24-25H,4,22-23H2,1-3H3,(H,37,41)/t24-,25+/m1/s1. The minimum atomic E-state index is -4.20. The van der Waals surface area contributed by atoms with Crippen molar-refractivity contribution in [2.24, 2.45) is 0 Å². The predicted molar refractivity (Wildman–Crippen MR) is 178 cm³/mol. The van der Waals surface area contributed by atoms with E-state index in [2.05, 4.69) is 5.32 Å². The van der Waals surface area contributed by atoms with Crippen LogP contribution >= 0.6 is 23.2 Å². The van der Waals surface area contributed by atoms with Crippen molar-refractivity contribution in [1.29, 1.82) is 0 Å². The summed E-state index contributed by atoms with van der Waals surface area (Å²) in [4.78, 5) is 28.7. The van der Waals surface area contributed by atoms with E-state index in [9.17, 15) is 18.0 Å². The minimum absolute atomic E-state index is 0.00606. The van der Waals surface area contributed by atoms with Gasteiger partial charge in [-0.25, -0.2) is 8.42 Å². The zero-order valence-corrected chi connectivity index (χ0v) is 27.5. The Morgan fingerprint density at radius 3 is 2.02 bits per heavy atom. The molecule has 0 fully saturated rings. The maximum absolute atomic E-state index is 14.1. The molecule has 1 N–H and O–H groups in total. The molecule has 0 spiro atoms. The molecule has 0 saturated heterocycles. The molecule has 4 aromatic rings. The molecular formula is C34H35Cl2N3O5S. The van der Waals surface area contributed by atoms with Crippen LogP contribution < -0.4 is 14.4 Å². The van der Waals surface area contributed by atoms with Crippen LogP contribution in [0.4, 0.5) is 5.69 Å². The van der Waals surface area contributed by atoms with Crippen molar-refractivity contribution in [3.8, 4) is 11.5 Å². The van der Waals surface area contributed by atoms with Crippen molar-refractivity contribution >= 4 is 50.7 Å². The first-order valence-electron chi connectivity index (χ1n) is 14.4. The van der Waals surface area contributed by atoms with E-state index in [1.165, 1.54) is 17.0 Å². The molecule has 236 valence electrons. The van der Waals surface area contributed by atoms with E-state index in [0.717, 1.165) is 4.31 Å². The highest BCUT2D eigenvalue weighted by Gasteiger charge is 2.33. The number of para-hydroxylation sites is 1. The number of carbonyl (C=O) groups is 2. The number of ether oxygens (including phenoxy) is 1. The molecule has 4 rings (SSSR count). The summed E-state index contributed by atoms with van der Waals surface area (Å²) in [5.74, 6) is 0.163. The molecule has 2 amide bonds. The summed E-state index contributed by atoms with van der Waals surface area (Å²) >= 11 is 12.4. The number of halogens is 2. The number of nitrogens with zero attached hydrogens (tertiary/aromatic N) is 2. The molecule has 4 aromatic carbocycles. The zero-order chi connectivity index (χ0) is 32.6. The summed E-state index contributed by atoms with van der Waals surface area (Å²) in [7, 11) is -4.20. The Labute approximate surface area is 274 Å².